The fourth-order valence-electron chi connectivity index (χ4n) is 14.6. The zero-order chi connectivity index (χ0) is 80.0. The third kappa shape index (κ3) is 18.2. The molecule has 0 aliphatic heterocycles. The van der Waals surface area contributed by atoms with Gasteiger partial charge in [-0.2, -0.15) is 0 Å². The molecule has 4 N–H and O–H groups in total. The largest absolute Gasteiger partial charge is 0.494 e. The molecular weight excluding hydrogens is 1490 g/mol. The number of carbonyl (C=O) groups excluding carboxylic acids is 1. The van der Waals surface area contributed by atoms with Crippen LogP contribution in [0.5, 0.6) is 17.2 Å². The van der Waals surface area contributed by atoms with Gasteiger partial charge in [-0.3, -0.25) is 4.79 Å². The van der Waals surface area contributed by atoms with Crippen LogP contribution in [-0.4, -0.2) is 67.4 Å². The van der Waals surface area contributed by atoms with Gasteiger partial charge in [0.1, 0.15) is 39.6 Å². The maximum absolute atomic E-state index is 13.3. The SMILES string of the molecule is Cc1cc(OCCCc2c(C(=O)O)oc3ccccc23)cc(C)c1Cl.O=C(NS(=O)(=O)c1ccc2ccccc2c1)c1oc2ccccc2c1CCCOc1cccc2ccccc12.O=C(O)c1oc2ccccc2c1CCCOc1cccc2ccccc12.O=C(O)c1oc2ccccc2c1CCCc1cccc2ccccc12. The Morgan fingerprint density at radius 2 is 0.687 bits per heavy atom. The van der Waals surface area contributed by atoms with Gasteiger partial charge in [-0.15, -0.1) is 0 Å². The molecule has 1 amide bonds. The minimum absolute atomic E-state index is 0.00859. The molecule has 578 valence electrons. The summed E-state index contributed by atoms with van der Waals surface area (Å²) in [5.41, 5.74) is 8.51. The maximum Gasteiger partial charge on any atom is 0.372 e. The Morgan fingerprint density at radius 3 is 1.13 bits per heavy atom. The highest BCUT2D eigenvalue weighted by molar-refractivity contribution is 7.90. The number of aryl methyl sites for hydroxylation is 7. The van der Waals surface area contributed by atoms with Gasteiger partial charge in [-0.1, -0.05) is 230 Å². The van der Waals surface area contributed by atoms with Gasteiger partial charge in [0, 0.05) is 59.6 Å². The highest BCUT2D eigenvalue weighted by Crippen LogP contribution is 2.35. The first-order valence-electron chi connectivity index (χ1n) is 37.8. The summed E-state index contributed by atoms with van der Waals surface area (Å²) in [6, 6.07) is 88.3. The normalized spacial score (nSPS) is 11.3. The summed E-state index contributed by atoms with van der Waals surface area (Å²) in [5.74, 6) is -1.37. The van der Waals surface area contributed by atoms with E-state index in [9.17, 15) is 42.9 Å². The molecule has 17 rings (SSSR count). The second-order valence-corrected chi connectivity index (χ2v) is 29.7. The number of benzene rings is 13. The molecule has 0 radical (unpaired) electrons. The van der Waals surface area contributed by atoms with Crippen molar-refractivity contribution in [2.45, 2.75) is 76.5 Å². The highest BCUT2D eigenvalue weighted by atomic mass is 35.5. The number of halogens is 1. The van der Waals surface area contributed by atoms with Crippen LogP contribution in [0.15, 0.2) is 302 Å². The van der Waals surface area contributed by atoms with Crippen LogP contribution in [0.1, 0.15) is 107 Å². The fourth-order valence-corrected chi connectivity index (χ4v) is 15.6. The van der Waals surface area contributed by atoms with E-state index in [1.54, 1.807) is 30.3 Å². The van der Waals surface area contributed by atoms with Crippen LogP contribution in [0, 0.1) is 13.8 Å². The summed E-state index contributed by atoms with van der Waals surface area (Å²) in [7, 11) is -4.12. The lowest BCUT2D eigenvalue weighted by molar-refractivity contribution is 0.0653. The summed E-state index contributed by atoms with van der Waals surface area (Å²) in [6.07, 6.45) is 6.08. The lowest BCUT2D eigenvalue weighted by Crippen LogP contribution is -2.31. The van der Waals surface area contributed by atoms with E-state index in [1.165, 1.54) is 22.4 Å². The molecule has 0 aliphatic rings. The molecule has 0 saturated carbocycles. The third-order valence-corrected chi connectivity index (χ3v) is 21.9. The Hall–Kier alpha value is -13.4. The minimum Gasteiger partial charge on any atom is -0.494 e. The smallest absolute Gasteiger partial charge is 0.372 e. The average Bonchev–Trinajstić information content (AvgIpc) is 1.68. The molecule has 17 nitrogen and oxygen atoms in total. The van der Waals surface area contributed by atoms with Crippen LogP contribution in [0.3, 0.4) is 0 Å². The summed E-state index contributed by atoms with van der Waals surface area (Å²) < 4.78 is 68.6. The number of hydrogen-bond donors (Lipinski definition) is 4. The van der Waals surface area contributed by atoms with Crippen molar-refractivity contribution in [1.82, 2.24) is 4.72 Å². The molecule has 4 aromatic heterocycles. The highest BCUT2D eigenvalue weighted by Gasteiger charge is 2.27. The Balaban J connectivity index is 0.000000129. The van der Waals surface area contributed by atoms with Gasteiger partial charge in [-0.05, 0) is 181 Å². The number of ether oxygens (including phenoxy) is 3. The number of hydrogen-bond acceptors (Lipinski definition) is 13. The number of sulfonamides is 1. The first kappa shape index (κ1) is 78.3. The van der Waals surface area contributed by atoms with E-state index in [-0.39, 0.29) is 27.9 Å². The van der Waals surface area contributed by atoms with Crippen molar-refractivity contribution in [3.05, 3.63) is 346 Å². The van der Waals surface area contributed by atoms with Crippen LogP contribution in [0.2, 0.25) is 5.02 Å². The van der Waals surface area contributed by atoms with Gasteiger partial charge < -0.3 is 47.2 Å². The van der Waals surface area contributed by atoms with E-state index in [1.807, 2.05) is 208 Å². The summed E-state index contributed by atoms with van der Waals surface area (Å²) in [4.78, 5) is 47.7. The molecule has 0 spiro atoms. The van der Waals surface area contributed by atoms with Crippen LogP contribution in [0.4, 0.5) is 0 Å². The summed E-state index contributed by atoms with van der Waals surface area (Å²) in [5, 5.41) is 40.8. The number of carbonyl (C=O) groups is 4. The van der Waals surface area contributed by atoms with Crippen molar-refractivity contribution < 1.29 is 74.8 Å². The molecule has 0 bridgehead atoms. The standard InChI is InChI=1S/C32H25NO5S.C22H18O4.C22H18O3.C20H19ClO4/c34-32(33-39(35,36)25-19-18-22-9-1-2-11-24(22)21-25)31-28(27-14-5-6-16-30(27)38-31)15-8-20-37-29-17-7-12-23-10-3-4-13-26(23)29;23-22(24)21-18(17-10-3-4-12-20(17)26-21)11-6-14-25-19-13-5-8-15-7-1-2-9-16(15)19;23-22(24)21-19(18-12-3-4-14-20(18)25-21)13-6-10-16-9-5-8-15-7-1-2-11-17(15)16;1-12-10-14(11-13(2)18(12)21)24-9-5-7-16-15-6-3-4-8-17(15)25-19(16)20(22)23/h1-7,9-14,16-19,21H,8,15,20H2,(H,33,34);1-5,7-10,12-13H,6,11,14H2,(H,23,24);1-5,7-9,11-12,14H,6,10,13H2,(H,23,24);3-4,6,8,10-11H,5,7,9H2,1-2H3,(H,22,23). The quantitative estimate of drug-likeness (QED) is 0.0388. The Labute approximate surface area is 667 Å². The fraction of sp³-hybridized carbons (Fsp3) is 0.146. The van der Waals surface area contributed by atoms with E-state index in [0.29, 0.717) is 92.7 Å². The molecule has 0 fully saturated rings. The van der Waals surface area contributed by atoms with Gasteiger partial charge in [0.15, 0.2) is 5.76 Å². The van der Waals surface area contributed by atoms with Crippen molar-refractivity contribution in [2.75, 3.05) is 19.8 Å². The van der Waals surface area contributed by atoms with E-state index in [0.717, 1.165) is 117 Å². The average molecular weight is 1570 g/mol. The lowest BCUT2D eigenvalue weighted by Gasteiger charge is -2.10. The molecule has 0 aliphatic carbocycles. The topological polar surface area (TPSA) is 255 Å². The molecule has 115 heavy (non-hydrogen) atoms. The molecule has 13 aromatic carbocycles. The van der Waals surface area contributed by atoms with E-state index < -0.39 is 33.8 Å². The van der Waals surface area contributed by atoms with Crippen LogP contribution in [0.25, 0.3) is 87.0 Å². The molecule has 19 heteroatoms. The van der Waals surface area contributed by atoms with Gasteiger partial charge in [0.05, 0.1) is 24.7 Å². The van der Waals surface area contributed by atoms with Crippen LogP contribution >= 0.6 is 11.6 Å². The van der Waals surface area contributed by atoms with E-state index in [4.69, 9.17) is 43.5 Å². The van der Waals surface area contributed by atoms with Crippen molar-refractivity contribution in [1.29, 1.82) is 0 Å². The number of fused-ring (bicyclic) bond motifs is 8. The minimum atomic E-state index is -4.12. The third-order valence-electron chi connectivity index (χ3n) is 20.0. The van der Waals surface area contributed by atoms with E-state index in [2.05, 4.69) is 53.3 Å². The van der Waals surface area contributed by atoms with Gasteiger partial charge in [-0.25, -0.2) is 27.5 Å². The predicted molar refractivity (Wildman–Crippen MR) is 451 cm³/mol. The van der Waals surface area contributed by atoms with Crippen molar-refractivity contribution in [3.63, 3.8) is 0 Å². The number of para-hydroxylation sites is 4. The lowest BCUT2D eigenvalue weighted by atomic mass is 9.97. The Kier molecular flexibility index (Phi) is 24.5. The Morgan fingerprint density at radius 1 is 0.348 bits per heavy atom. The first-order valence-corrected chi connectivity index (χ1v) is 39.7. The molecule has 4 heterocycles. The number of aromatic carboxylic acids is 3. The maximum atomic E-state index is 13.3. The first-order chi connectivity index (χ1) is 55.9. The van der Waals surface area contributed by atoms with Crippen molar-refractivity contribution in [2.24, 2.45) is 0 Å². The van der Waals surface area contributed by atoms with Crippen molar-refractivity contribution in [3.8, 4) is 17.2 Å². The number of furan rings is 4. The molecular formula is C96H80ClNO16S. The number of nitrogens with one attached hydrogen (secondary N) is 1. The number of rotatable bonds is 25. The number of carboxylic acid groups (broad SMARTS) is 3. The summed E-state index contributed by atoms with van der Waals surface area (Å²) in [6.45, 7) is 5.30. The van der Waals surface area contributed by atoms with Gasteiger partial charge in [0.2, 0.25) is 17.3 Å². The zero-order valence-electron chi connectivity index (χ0n) is 63.0. The molecule has 0 unspecified atom stereocenters. The molecule has 0 saturated heterocycles. The number of carboxylic acids is 3. The predicted octanol–water partition coefficient (Wildman–Crippen LogP) is 23.0. The monoisotopic (exact) mass is 1570 g/mol. The van der Waals surface area contributed by atoms with Crippen LogP contribution < -0.4 is 18.9 Å². The second-order valence-electron chi connectivity index (χ2n) is 27.7. The molecule has 0 atom stereocenters. The second kappa shape index (κ2) is 35.9. The van der Waals surface area contributed by atoms with Gasteiger partial charge in [0.25, 0.3) is 10.0 Å². The number of amides is 1. The van der Waals surface area contributed by atoms with Crippen molar-refractivity contribution >= 4 is 132 Å². The summed E-state index contributed by atoms with van der Waals surface area (Å²) >= 11 is 6.16. The van der Waals surface area contributed by atoms with Gasteiger partial charge >= 0.3 is 23.8 Å². The zero-order valence-corrected chi connectivity index (χ0v) is 64.6. The van der Waals surface area contributed by atoms with E-state index >= 15 is 0 Å². The Bertz CT molecular complexity index is 6510. The van der Waals surface area contributed by atoms with Crippen LogP contribution in [-0.2, 0) is 42.1 Å². The molecule has 17 aromatic rings.